The molecule has 0 radical (unpaired) electrons. The van der Waals surface area contributed by atoms with Crippen LogP contribution in [-0.2, 0) is 13.5 Å². The van der Waals surface area contributed by atoms with E-state index in [0.29, 0.717) is 5.69 Å². The molecule has 1 saturated heterocycles. The van der Waals surface area contributed by atoms with Gasteiger partial charge in [-0.3, -0.25) is 4.98 Å². The quantitative estimate of drug-likeness (QED) is 0.132. The van der Waals surface area contributed by atoms with Crippen molar-refractivity contribution in [3.05, 3.63) is 184 Å². The maximum absolute atomic E-state index is 7.50. The van der Waals surface area contributed by atoms with Crippen molar-refractivity contribution in [2.45, 2.75) is 41.5 Å². The van der Waals surface area contributed by atoms with E-state index in [4.69, 9.17) is 25.1 Å². The smallest absolute Gasteiger partial charge is 0.0551 e. The predicted molar refractivity (Wildman–Crippen MR) is 222 cm³/mol. The zero-order valence-corrected chi connectivity index (χ0v) is 33.7. The van der Waals surface area contributed by atoms with E-state index in [-0.39, 0.29) is 0 Å². The number of hydrogen-bond donors (Lipinski definition) is 0. The number of allylic oxidation sites excluding steroid dienone is 1. The van der Waals surface area contributed by atoms with Crippen molar-refractivity contribution in [3.8, 4) is 0 Å². The van der Waals surface area contributed by atoms with Crippen LogP contribution in [-0.4, -0.2) is 22.2 Å². The van der Waals surface area contributed by atoms with Gasteiger partial charge in [0.15, 0.2) is 0 Å². The molecule has 52 heavy (non-hydrogen) atoms. The van der Waals surface area contributed by atoms with Gasteiger partial charge in [-0.25, -0.2) is 0 Å². The Morgan fingerprint density at radius 1 is 0.635 bits per heavy atom. The zero-order chi connectivity index (χ0) is 36.9. The summed E-state index contributed by atoms with van der Waals surface area (Å²) in [5.41, 5.74) is 24.5. The van der Waals surface area contributed by atoms with Crippen molar-refractivity contribution in [2.24, 2.45) is 0 Å². The predicted octanol–water partition coefficient (Wildman–Crippen LogP) is 12.5. The third-order valence-corrected chi connectivity index (χ3v) is 12.4. The first-order valence-electron chi connectivity index (χ1n) is 17.3. The number of anilines is 2. The van der Waals surface area contributed by atoms with Crippen LogP contribution in [0.5, 0.6) is 0 Å². The number of rotatable bonds is 3. The van der Waals surface area contributed by atoms with Crippen LogP contribution in [0.15, 0.2) is 121 Å². The Kier molecular flexibility index (Phi) is 12.0. The molecule has 0 unspecified atom stereocenters. The number of halogens is 2. The summed E-state index contributed by atoms with van der Waals surface area (Å²) in [6, 6.07) is 37.2. The fraction of sp³-hybridized carbons (Fsp3) is 0.178. The monoisotopic (exact) mass is 812 g/mol. The molecule has 1 fully saturated rings. The minimum absolute atomic E-state index is 0.489. The van der Waals surface area contributed by atoms with Gasteiger partial charge < -0.3 is 15.5 Å². The SMILES string of the molecule is Cc1cc(C)c(N2[CH-]N(c3c(C)cc(C)cc3C)CC2)c(C)c1.[Cl][Ru]([Cl])=[C]1C=C(c2ccccc2)c2ccccc21.[NH-]c1cccc2cccnc12. The van der Waals surface area contributed by atoms with E-state index in [1.165, 1.54) is 67.0 Å². The van der Waals surface area contributed by atoms with E-state index in [0.717, 1.165) is 28.1 Å². The second-order valence-electron chi connectivity index (χ2n) is 13.4. The number of pyridine rings is 1. The van der Waals surface area contributed by atoms with Crippen molar-refractivity contribution in [1.82, 2.24) is 4.98 Å². The Morgan fingerprint density at radius 3 is 1.69 bits per heavy atom. The molecule has 268 valence electrons. The van der Waals surface area contributed by atoms with Gasteiger partial charge in [-0.15, -0.1) is 5.69 Å². The molecule has 1 aliphatic carbocycles. The molecule has 0 amide bonds. The molecular weight excluding hydrogens is 768 g/mol. The zero-order valence-electron chi connectivity index (χ0n) is 30.5. The summed E-state index contributed by atoms with van der Waals surface area (Å²) in [7, 11) is 12.4. The van der Waals surface area contributed by atoms with E-state index in [2.05, 4.69) is 124 Å². The molecule has 0 saturated carbocycles. The number of aromatic nitrogens is 1. The molecule has 5 aromatic carbocycles. The number of hydrogen-bond acceptors (Lipinski definition) is 3. The summed E-state index contributed by atoms with van der Waals surface area (Å²) in [5.74, 6) is 0. The van der Waals surface area contributed by atoms with Gasteiger partial charge in [0.1, 0.15) is 0 Å². The number of fused-ring (bicyclic) bond motifs is 2. The first-order chi connectivity index (χ1) is 25.0. The van der Waals surface area contributed by atoms with Crippen LogP contribution in [0.25, 0.3) is 22.2 Å². The van der Waals surface area contributed by atoms with Crippen LogP contribution >= 0.6 is 19.4 Å². The topological polar surface area (TPSA) is 43.2 Å². The first kappa shape index (κ1) is 37.5. The number of benzene rings is 5. The number of para-hydroxylation sites is 1. The standard InChI is InChI=1S/C21H27N2.C15H10.C9H7N2.2ClH.Ru/c1-14-9-16(3)20(17(4)10-14)22-7-8-23(13-22)21-18(5)11-15(2)12-19(21)6;1-2-6-12(7-3-1)15-11-10-13-8-4-5-9-14(13)15;10-8-5-1-3-7-4-2-6-11-9(7)8;;;/h9-13H,7-8H2,1-6H3;1-9,11H;1-6,10H;2*1H;/q-1;;-1;;;+2/p-2. The Bertz CT molecular complexity index is 2180. The minimum Gasteiger partial charge on any atom is -0.697 e. The summed E-state index contributed by atoms with van der Waals surface area (Å²) in [6.07, 6.45) is 3.86. The average Bonchev–Trinajstić information content (AvgIpc) is 3.74. The Hall–Kier alpha value is -4.28. The van der Waals surface area contributed by atoms with E-state index < -0.39 is 13.5 Å². The Morgan fingerprint density at radius 2 is 1.15 bits per heavy atom. The van der Waals surface area contributed by atoms with Gasteiger partial charge in [0.2, 0.25) is 0 Å². The van der Waals surface area contributed by atoms with E-state index >= 15 is 0 Å². The second-order valence-corrected chi connectivity index (χ2v) is 19.2. The van der Waals surface area contributed by atoms with Crippen molar-refractivity contribution >= 4 is 57.0 Å². The van der Waals surface area contributed by atoms with Crippen molar-refractivity contribution in [1.29, 1.82) is 0 Å². The van der Waals surface area contributed by atoms with Gasteiger partial charge in [0, 0.05) is 30.7 Å². The molecule has 1 N–H and O–H groups in total. The van der Waals surface area contributed by atoms with Crippen LogP contribution in [0, 0.1) is 48.2 Å². The molecule has 0 atom stereocenters. The van der Waals surface area contributed by atoms with Gasteiger partial charge >= 0.3 is 120 Å². The molecular formula is C45H44Cl2N4Ru-2. The van der Waals surface area contributed by atoms with Crippen molar-refractivity contribution < 1.29 is 13.5 Å². The van der Waals surface area contributed by atoms with Crippen LogP contribution in [0.2, 0.25) is 0 Å². The largest absolute Gasteiger partial charge is 0.697 e. The molecule has 0 spiro atoms. The average molecular weight is 813 g/mol. The first-order valence-corrected chi connectivity index (χ1v) is 22.7. The van der Waals surface area contributed by atoms with Crippen LogP contribution < -0.4 is 9.80 Å². The van der Waals surface area contributed by atoms with Gasteiger partial charge in [-0.05, 0) is 75.2 Å². The maximum atomic E-state index is 7.50. The van der Waals surface area contributed by atoms with Crippen LogP contribution in [0.1, 0.15) is 50.1 Å². The molecule has 7 heteroatoms. The molecule has 0 bridgehead atoms. The summed E-state index contributed by atoms with van der Waals surface area (Å²) in [5, 5.41) is 1.03. The Labute approximate surface area is 322 Å². The fourth-order valence-electron chi connectivity index (χ4n) is 7.36. The Balaban J connectivity index is 0.000000142. The summed E-state index contributed by atoms with van der Waals surface area (Å²) in [6.45, 7) is 17.6. The molecule has 1 aliphatic heterocycles. The second kappa shape index (κ2) is 16.6. The van der Waals surface area contributed by atoms with E-state index in [1.807, 2.05) is 48.5 Å². The van der Waals surface area contributed by atoms with Crippen LogP contribution in [0.4, 0.5) is 17.1 Å². The molecule has 2 aliphatic rings. The van der Waals surface area contributed by atoms with E-state index in [1.54, 1.807) is 12.3 Å². The summed E-state index contributed by atoms with van der Waals surface area (Å²) >= 11 is -1.88. The third-order valence-electron chi connectivity index (χ3n) is 9.30. The van der Waals surface area contributed by atoms with Crippen LogP contribution in [0.3, 0.4) is 0 Å². The molecule has 8 rings (SSSR count). The molecule has 2 heterocycles. The van der Waals surface area contributed by atoms with Gasteiger partial charge in [0.25, 0.3) is 0 Å². The third kappa shape index (κ3) is 8.34. The number of nitrogens with zero attached hydrogens (tertiary/aromatic N) is 3. The van der Waals surface area contributed by atoms with Gasteiger partial charge in [-0.1, -0.05) is 59.7 Å². The normalized spacial score (nSPS) is 13.6. The molecule has 6 aromatic rings. The molecule has 1 aromatic heterocycles. The van der Waals surface area contributed by atoms with E-state index in [9.17, 15) is 0 Å². The molecule has 4 nitrogen and oxygen atoms in total. The van der Waals surface area contributed by atoms with Crippen molar-refractivity contribution in [2.75, 3.05) is 22.9 Å². The van der Waals surface area contributed by atoms with Crippen molar-refractivity contribution in [3.63, 3.8) is 0 Å². The van der Waals surface area contributed by atoms with Gasteiger partial charge in [0.05, 0.1) is 5.52 Å². The number of aryl methyl sites for hydroxylation is 6. The number of nitrogens with one attached hydrogen (secondary N) is 1. The maximum Gasteiger partial charge on any atom is 0.0551 e. The summed E-state index contributed by atoms with van der Waals surface area (Å²) in [4.78, 5) is 8.90. The minimum atomic E-state index is -1.88. The fourth-order valence-corrected chi connectivity index (χ4v) is 9.84. The summed E-state index contributed by atoms with van der Waals surface area (Å²) < 4.78 is 1.12. The van der Waals surface area contributed by atoms with Gasteiger partial charge in [-0.2, -0.15) is 6.67 Å².